The van der Waals surface area contributed by atoms with Crippen LogP contribution in [0, 0.1) is 0 Å². The molecule has 1 heterocycles. The first-order chi connectivity index (χ1) is 9.74. The molecule has 0 bridgehead atoms. The van der Waals surface area contributed by atoms with Crippen LogP contribution in [0.15, 0.2) is 34.1 Å². The molecule has 0 amide bonds. The maximum absolute atomic E-state index is 5.98. The van der Waals surface area contributed by atoms with Crippen molar-refractivity contribution >= 4 is 27.3 Å². The fourth-order valence-electron chi connectivity index (χ4n) is 1.92. The van der Waals surface area contributed by atoms with E-state index in [4.69, 9.17) is 15.2 Å². The van der Waals surface area contributed by atoms with Crippen molar-refractivity contribution in [2.75, 3.05) is 13.2 Å². The lowest BCUT2D eigenvalue weighted by atomic mass is 10.1. The number of hydrogen-bond donors (Lipinski definition) is 1. The summed E-state index contributed by atoms with van der Waals surface area (Å²) in [6, 6.07) is 10.0. The maximum atomic E-state index is 5.98. The number of para-hydroxylation sites is 1. The molecule has 1 aromatic carbocycles. The maximum Gasteiger partial charge on any atom is 0.164 e. The van der Waals surface area contributed by atoms with Gasteiger partial charge in [0, 0.05) is 4.88 Å². The first-order valence-electron chi connectivity index (χ1n) is 6.56. The third-order valence-corrected chi connectivity index (χ3v) is 4.36. The summed E-state index contributed by atoms with van der Waals surface area (Å²) in [7, 11) is 0. The molecule has 3 nitrogen and oxygen atoms in total. The van der Waals surface area contributed by atoms with E-state index in [1.807, 2.05) is 31.2 Å². The molecule has 108 valence electrons. The summed E-state index contributed by atoms with van der Waals surface area (Å²) < 4.78 is 12.7. The molecule has 2 aromatic rings. The van der Waals surface area contributed by atoms with Crippen LogP contribution in [0.3, 0.4) is 0 Å². The number of benzene rings is 1. The van der Waals surface area contributed by atoms with E-state index in [-0.39, 0.29) is 0 Å². The highest BCUT2D eigenvalue weighted by Crippen LogP contribution is 2.33. The van der Waals surface area contributed by atoms with E-state index in [2.05, 4.69) is 22.0 Å². The lowest BCUT2D eigenvalue weighted by Gasteiger charge is -2.15. The Balaban J connectivity index is 2.18. The molecule has 0 aliphatic heterocycles. The van der Waals surface area contributed by atoms with Crippen molar-refractivity contribution in [2.24, 2.45) is 5.73 Å². The second kappa shape index (κ2) is 7.67. The average Bonchev–Trinajstić information content (AvgIpc) is 2.84. The summed E-state index contributed by atoms with van der Waals surface area (Å²) in [5.41, 5.74) is 6.76. The zero-order valence-electron chi connectivity index (χ0n) is 11.4. The third-order valence-electron chi connectivity index (χ3n) is 2.76. The summed E-state index contributed by atoms with van der Waals surface area (Å²) in [5.74, 6) is 1.60. The van der Waals surface area contributed by atoms with Gasteiger partial charge in [-0.1, -0.05) is 12.1 Å². The summed E-state index contributed by atoms with van der Waals surface area (Å²) >= 11 is 5.13. The predicted molar refractivity (Wildman–Crippen MR) is 86.7 cm³/mol. The largest absolute Gasteiger partial charge is 0.490 e. The Morgan fingerprint density at radius 1 is 1.20 bits per heavy atom. The minimum atomic E-state index is 0.540. The number of rotatable bonds is 7. The van der Waals surface area contributed by atoms with E-state index in [1.54, 1.807) is 11.3 Å². The first kappa shape index (κ1) is 15.4. The van der Waals surface area contributed by atoms with E-state index in [0.29, 0.717) is 19.8 Å². The van der Waals surface area contributed by atoms with Gasteiger partial charge in [0.25, 0.3) is 0 Å². The van der Waals surface area contributed by atoms with Crippen LogP contribution in [-0.2, 0) is 13.0 Å². The third kappa shape index (κ3) is 3.98. The molecule has 0 radical (unpaired) electrons. The molecule has 0 spiro atoms. The van der Waals surface area contributed by atoms with Crippen LogP contribution < -0.4 is 15.2 Å². The van der Waals surface area contributed by atoms with Crippen LogP contribution in [-0.4, -0.2) is 13.2 Å². The second-order valence-electron chi connectivity index (χ2n) is 4.21. The molecule has 0 saturated heterocycles. The fraction of sp³-hybridized carbons (Fsp3) is 0.333. The van der Waals surface area contributed by atoms with Crippen molar-refractivity contribution in [2.45, 2.75) is 20.0 Å². The lowest BCUT2D eigenvalue weighted by Crippen LogP contribution is -2.07. The van der Waals surface area contributed by atoms with Crippen molar-refractivity contribution < 1.29 is 9.47 Å². The van der Waals surface area contributed by atoms with Crippen LogP contribution in [0.2, 0.25) is 0 Å². The van der Waals surface area contributed by atoms with Gasteiger partial charge in [-0.15, -0.1) is 11.3 Å². The number of ether oxygens (including phenoxy) is 2. The summed E-state index contributed by atoms with van der Waals surface area (Å²) in [4.78, 5) is 1.17. The van der Waals surface area contributed by atoms with Gasteiger partial charge in [-0.05, 0) is 59.6 Å². The van der Waals surface area contributed by atoms with Gasteiger partial charge in [0.1, 0.15) is 6.61 Å². The summed E-state index contributed by atoms with van der Waals surface area (Å²) in [5, 5.41) is 0. The van der Waals surface area contributed by atoms with Crippen LogP contribution >= 0.6 is 27.3 Å². The van der Waals surface area contributed by atoms with Crippen LogP contribution in [0.1, 0.15) is 17.4 Å². The molecular formula is C15H18BrNO2S. The van der Waals surface area contributed by atoms with Crippen molar-refractivity contribution in [3.63, 3.8) is 0 Å². The van der Waals surface area contributed by atoms with Crippen LogP contribution in [0.4, 0.5) is 0 Å². The van der Waals surface area contributed by atoms with Crippen molar-refractivity contribution in [1.29, 1.82) is 0 Å². The van der Waals surface area contributed by atoms with Gasteiger partial charge in [0.15, 0.2) is 11.5 Å². The van der Waals surface area contributed by atoms with E-state index in [9.17, 15) is 0 Å². The number of hydrogen-bond acceptors (Lipinski definition) is 4. The molecule has 1 aromatic heterocycles. The highest BCUT2D eigenvalue weighted by atomic mass is 79.9. The monoisotopic (exact) mass is 355 g/mol. The summed E-state index contributed by atoms with van der Waals surface area (Å²) in [6.07, 6.45) is 0.782. The molecular weight excluding hydrogens is 338 g/mol. The van der Waals surface area contributed by atoms with E-state index in [1.165, 1.54) is 4.88 Å². The normalized spacial score (nSPS) is 10.6. The Labute approximate surface area is 131 Å². The number of thiophene rings is 1. The van der Waals surface area contributed by atoms with Crippen molar-refractivity contribution in [3.8, 4) is 11.5 Å². The molecule has 20 heavy (non-hydrogen) atoms. The van der Waals surface area contributed by atoms with Crippen LogP contribution in [0.5, 0.6) is 11.5 Å². The molecule has 0 aliphatic carbocycles. The van der Waals surface area contributed by atoms with Gasteiger partial charge in [0.2, 0.25) is 0 Å². The standard InChI is InChI=1S/C15H18BrNO2S/c1-2-18-13-5-3-4-11(8-9-17)15(13)19-10-12-6-7-14(16)20-12/h3-7H,2,8-10,17H2,1H3. The number of nitrogens with two attached hydrogens (primary N) is 1. The van der Waals surface area contributed by atoms with Gasteiger partial charge in [-0.2, -0.15) is 0 Å². The molecule has 0 fully saturated rings. The molecule has 0 saturated carbocycles. The van der Waals surface area contributed by atoms with Crippen LogP contribution in [0.25, 0.3) is 0 Å². The molecule has 2 rings (SSSR count). The van der Waals surface area contributed by atoms with Gasteiger partial charge in [-0.25, -0.2) is 0 Å². The van der Waals surface area contributed by atoms with Gasteiger partial charge >= 0.3 is 0 Å². The Bertz CT molecular complexity index is 532. The average molecular weight is 356 g/mol. The summed E-state index contributed by atoms with van der Waals surface area (Å²) in [6.45, 7) is 3.72. The zero-order valence-corrected chi connectivity index (χ0v) is 13.8. The number of halogens is 1. The Morgan fingerprint density at radius 3 is 2.70 bits per heavy atom. The van der Waals surface area contributed by atoms with E-state index >= 15 is 0 Å². The topological polar surface area (TPSA) is 44.5 Å². The smallest absolute Gasteiger partial charge is 0.164 e. The SMILES string of the molecule is CCOc1cccc(CCN)c1OCc1ccc(Br)s1. The van der Waals surface area contributed by atoms with Crippen molar-refractivity contribution in [3.05, 3.63) is 44.6 Å². The molecule has 0 atom stereocenters. The molecule has 0 unspecified atom stereocenters. The molecule has 2 N–H and O–H groups in total. The quantitative estimate of drug-likeness (QED) is 0.816. The van der Waals surface area contributed by atoms with Crippen molar-refractivity contribution in [1.82, 2.24) is 0 Å². The minimum Gasteiger partial charge on any atom is -0.490 e. The van der Waals surface area contributed by atoms with Gasteiger partial charge in [-0.3, -0.25) is 0 Å². The minimum absolute atomic E-state index is 0.540. The highest BCUT2D eigenvalue weighted by Gasteiger charge is 2.11. The molecule has 5 heteroatoms. The Kier molecular flexibility index (Phi) is 5.88. The van der Waals surface area contributed by atoms with E-state index < -0.39 is 0 Å². The Morgan fingerprint density at radius 2 is 2.05 bits per heavy atom. The highest BCUT2D eigenvalue weighted by molar-refractivity contribution is 9.11. The lowest BCUT2D eigenvalue weighted by molar-refractivity contribution is 0.269. The van der Waals surface area contributed by atoms with E-state index in [0.717, 1.165) is 27.3 Å². The second-order valence-corrected chi connectivity index (χ2v) is 6.76. The predicted octanol–water partition coefficient (Wildman–Crippen LogP) is 3.99. The van der Waals surface area contributed by atoms with Gasteiger partial charge in [0.05, 0.1) is 10.4 Å². The zero-order chi connectivity index (χ0) is 14.4. The Hall–Kier alpha value is -1.04. The molecule has 0 aliphatic rings. The first-order valence-corrected chi connectivity index (χ1v) is 8.17. The van der Waals surface area contributed by atoms with Gasteiger partial charge < -0.3 is 15.2 Å². The fourth-order valence-corrected chi connectivity index (χ4v) is 3.32.